The first kappa shape index (κ1) is 25.7. The van der Waals surface area contributed by atoms with Crippen LogP contribution < -0.4 is 10.6 Å². The van der Waals surface area contributed by atoms with Gasteiger partial charge in [-0.2, -0.15) is 0 Å². The van der Waals surface area contributed by atoms with Crippen LogP contribution in [-0.4, -0.2) is 35.2 Å². The maximum atomic E-state index is 12.9. The first-order chi connectivity index (χ1) is 15.2. The van der Waals surface area contributed by atoms with E-state index in [9.17, 15) is 19.5 Å². The Morgan fingerprint density at radius 2 is 1.75 bits per heavy atom. The normalized spacial score (nSPS) is 12.7. The van der Waals surface area contributed by atoms with Crippen molar-refractivity contribution in [3.05, 3.63) is 69.2 Å². The second-order valence-electron chi connectivity index (χ2n) is 7.73. The minimum atomic E-state index is -1.20. The van der Waals surface area contributed by atoms with E-state index in [2.05, 4.69) is 26.6 Å². The van der Waals surface area contributed by atoms with Crippen LogP contribution in [0.2, 0.25) is 5.02 Å². The van der Waals surface area contributed by atoms with Crippen molar-refractivity contribution in [3.8, 4) is 0 Å². The van der Waals surface area contributed by atoms with Crippen LogP contribution in [-0.2, 0) is 27.4 Å². The molecule has 0 bridgehead atoms. The van der Waals surface area contributed by atoms with E-state index in [0.717, 1.165) is 5.56 Å². The van der Waals surface area contributed by atoms with Crippen molar-refractivity contribution in [2.24, 2.45) is 5.92 Å². The molecule has 0 heterocycles. The van der Waals surface area contributed by atoms with E-state index in [1.165, 1.54) is 0 Å². The molecule has 172 valence electrons. The summed E-state index contributed by atoms with van der Waals surface area (Å²) in [6.07, 6.45) is -0.409. The highest BCUT2D eigenvalue weighted by Gasteiger charge is 2.28. The summed E-state index contributed by atoms with van der Waals surface area (Å²) in [4.78, 5) is 36.9. The van der Waals surface area contributed by atoms with Crippen molar-refractivity contribution in [2.75, 3.05) is 0 Å². The Morgan fingerprint density at radius 3 is 2.38 bits per heavy atom. The highest BCUT2D eigenvalue weighted by molar-refractivity contribution is 9.10. The van der Waals surface area contributed by atoms with Gasteiger partial charge in [-0.3, -0.25) is 4.79 Å². The highest BCUT2D eigenvalue weighted by Crippen LogP contribution is 2.22. The second kappa shape index (κ2) is 12.5. The van der Waals surface area contributed by atoms with Gasteiger partial charge in [0.2, 0.25) is 5.91 Å². The molecule has 2 atom stereocenters. The Balaban J connectivity index is 2.04. The molecule has 0 aliphatic heterocycles. The molecule has 0 saturated carbocycles. The largest absolute Gasteiger partial charge is 0.480 e. The van der Waals surface area contributed by atoms with Gasteiger partial charge in [0.05, 0.1) is 0 Å². The van der Waals surface area contributed by atoms with Crippen molar-refractivity contribution < 1.29 is 24.2 Å². The van der Waals surface area contributed by atoms with Crippen LogP contribution in [0.1, 0.15) is 31.4 Å². The standard InChI is InChI=1S/C23H26BrClN2O5/c1-14(2)10-19(27-23(31)32-13-15-6-4-3-5-7-15)21(28)26-20(22(29)30)12-16-11-17(25)8-9-18(16)24/h3-9,11,14,19-20H,10,12-13H2,1-2H3,(H,26,28)(H,27,31)(H,29,30)/t19-,20-/m0/s1. The molecular weight excluding hydrogens is 500 g/mol. The molecule has 2 aromatic carbocycles. The third-order valence-electron chi connectivity index (χ3n) is 4.57. The number of amides is 2. The van der Waals surface area contributed by atoms with Crippen molar-refractivity contribution in [1.82, 2.24) is 10.6 Å². The quantitative estimate of drug-likeness (QED) is 0.422. The predicted molar refractivity (Wildman–Crippen MR) is 125 cm³/mol. The van der Waals surface area contributed by atoms with Gasteiger partial charge >= 0.3 is 12.1 Å². The summed E-state index contributed by atoms with van der Waals surface area (Å²) in [6, 6.07) is 12.0. The molecule has 0 aliphatic rings. The number of ether oxygens (including phenoxy) is 1. The van der Waals surface area contributed by atoms with Crippen molar-refractivity contribution >= 4 is 45.5 Å². The molecular formula is C23H26BrClN2O5. The molecule has 0 spiro atoms. The van der Waals surface area contributed by atoms with Gasteiger partial charge in [-0.05, 0) is 41.7 Å². The molecule has 7 nitrogen and oxygen atoms in total. The number of alkyl carbamates (subject to hydrolysis) is 1. The lowest BCUT2D eigenvalue weighted by Gasteiger charge is -2.23. The van der Waals surface area contributed by atoms with Gasteiger partial charge in [0, 0.05) is 15.9 Å². The van der Waals surface area contributed by atoms with Crippen LogP contribution >= 0.6 is 27.5 Å². The lowest BCUT2D eigenvalue weighted by atomic mass is 10.0. The van der Waals surface area contributed by atoms with E-state index in [0.29, 0.717) is 21.5 Å². The topological polar surface area (TPSA) is 105 Å². The summed E-state index contributed by atoms with van der Waals surface area (Å²) in [7, 11) is 0. The van der Waals surface area contributed by atoms with Gasteiger partial charge in [0.15, 0.2) is 0 Å². The molecule has 3 N–H and O–H groups in total. The van der Waals surface area contributed by atoms with E-state index < -0.39 is 30.1 Å². The zero-order chi connectivity index (χ0) is 23.7. The average molecular weight is 526 g/mol. The molecule has 0 fully saturated rings. The predicted octanol–water partition coefficient (Wildman–Crippen LogP) is 4.56. The number of aliphatic carboxylic acids is 1. The number of carboxylic acid groups (broad SMARTS) is 1. The van der Waals surface area contributed by atoms with Crippen molar-refractivity contribution in [3.63, 3.8) is 0 Å². The smallest absolute Gasteiger partial charge is 0.408 e. The van der Waals surface area contributed by atoms with Gasteiger partial charge in [0.25, 0.3) is 0 Å². The Morgan fingerprint density at radius 1 is 1.06 bits per heavy atom. The first-order valence-corrected chi connectivity index (χ1v) is 11.3. The number of nitrogens with one attached hydrogen (secondary N) is 2. The van der Waals surface area contributed by atoms with E-state index in [-0.39, 0.29) is 18.9 Å². The monoisotopic (exact) mass is 524 g/mol. The van der Waals surface area contributed by atoms with Crippen LogP contribution in [0.5, 0.6) is 0 Å². The lowest BCUT2D eigenvalue weighted by molar-refractivity contribution is -0.142. The van der Waals surface area contributed by atoms with E-state index in [1.807, 2.05) is 44.2 Å². The van der Waals surface area contributed by atoms with Crippen LogP contribution in [0.3, 0.4) is 0 Å². The zero-order valence-electron chi connectivity index (χ0n) is 17.8. The molecule has 32 heavy (non-hydrogen) atoms. The Labute approximate surface area is 200 Å². The molecule has 0 aromatic heterocycles. The number of hydrogen-bond donors (Lipinski definition) is 3. The molecule has 0 radical (unpaired) electrons. The maximum Gasteiger partial charge on any atom is 0.408 e. The molecule has 0 aliphatic carbocycles. The van der Waals surface area contributed by atoms with Gasteiger partial charge < -0.3 is 20.5 Å². The number of carboxylic acids is 1. The number of rotatable bonds is 10. The fourth-order valence-corrected chi connectivity index (χ4v) is 3.61. The highest BCUT2D eigenvalue weighted by atomic mass is 79.9. The fourth-order valence-electron chi connectivity index (χ4n) is 3.00. The third kappa shape index (κ3) is 8.51. The Hall–Kier alpha value is -2.58. The molecule has 2 aromatic rings. The number of carbonyl (C=O) groups is 3. The third-order valence-corrected chi connectivity index (χ3v) is 5.58. The van der Waals surface area contributed by atoms with Gasteiger partial charge in [-0.25, -0.2) is 9.59 Å². The number of hydrogen-bond acceptors (Lipinski definition) is 4. The van der Waals surface area contributed by atoms with Crippen molar-refractivity contribution in [1.29, 1.82) is 0 Å². The van der Waals surface area contributed by atoms with Gasteiger partial charge in [-0.1, -0.05) is 71.7 Å². The second-order valence-corrected chi connectivity index (χ2v) is 9.02. The van der Waals surface area contributed by atoms with E-state index in [1.54, 1.807) is 18.2 Å². The Bertz CT molecular complexity index is 939. The summed E-state index contributed by atoms with van der Waals surface area (Å²) in [6.45, 7) is 3.85. The minimum Gasteiger partial charge on any atom is -0.480 e. The zero-order valence-corrected chi connectivity index (χ0v) is 20.2. The molecule has 2 rings (SSSR count). The fraction of sp³-hybridized carbons (Fsp3) is 0.348. The van der Waals surface area contributed by atoms with Crippen molar-refractivity contribution in [2.45, 2.75) is 45.4 Å². The van der Waals surface area contributed by atoms with Crippen LogP contribution in [0, 0.1) is 5.92 Å². The summed E-state index contributed by atoms with van der Waals surface area (Å²) >= 11 is 9.37. The maximum absolute atomic E-state index is 12.9. The summed E-state index contributed by atoms with van der Waals surface area (Å²) in [5.41, 5.74) is 1.45. The SMILES string of the molecule is CC(C)C[C@H](NC(=O)OCc1ccccc1)C(=O)N[C@@H](Cc1cc(Cl)ccc1Br)C(=O)O. The van der Waals surface area contributed by atoms with Gasteiger partial charge in [-0.15, -0.1) is 0 Å². The summed E-state index contributed by atoms with van der Waals surface area (Å²) < 4.78 is 5.88. The van der Waals surface area contributed by atoms with E-state index in [4.69, 9.17) is 16.3 Å². The molecule has 2 amide bonds. The molecule has 0 saturated heterocycles. The summed E-state index contributed by atoms with van der Waals surface area (Å²) in [5.74, 6) is -1.72. The molecule has 9 heteroatoms. The average Bonchev–Trinajstić information content (AvgIpc) is 2.74. The van der Waals surface area contributed by atoms with Crippen LogP contribution in [0.4, 0.5) is 4.79 Å². The number of benzene rings is 2. The van der Waals surface area contributed by atoms with Gasteiger partial charge in [0.1, 0.15) is 18.7 Å². The number of carbonyl (C=O) groups excluding carboxylic acids is 2. The lowest BCUT2D eigenvalue weighted by Crippen LogP contribution is -2.52. The first-order valence-electron chi connectivity index (χ1n) is 10.1. The summed E-state index contributed by atoms with van der Waals surface area (Å²) in [5, 5.41) is 15.2. The Kier molecular flexibility index (Phi) is 9.99. The number of halogens is 2. The van der Waals surface area contributed by atoms with E-state index >= 15 is 0 Å². The van der Waals surface area contributed by atoms with Crippen LogP contribution in [0.15, 0.2) is 53.0 Å². The molecule has 0 unspecified atom stereocenters. The van der Waals surface area contributed by atoms with Crippen LogP contribution in [0.25, 0.3) is 0 Å². The minimum absolute atomic E-state index is 0.0229.